The number of aromatic amines is 6. The average molecular weight is 336 g/mol. The maximum absolute atomic E-state index is 10.2. The van der Waals surface area contributed by atoms with E-state index in [-0.39, 0.29) is 16.7 Å². The zero-order valence-corrected chi connectivity index (χ0v) is 11.9. The van der Waals surface area contributed by atoms with Crippen LogP contribution in [0, 0.1) is 0 Å². The molecule has 0 saturated heterocycles. The summed E-state index contributed by atoms with van der Waals surface area (Å²) in [5, 5.41) is 0. The van der Waals surface area contributed by atoms with Gasteiger partial charge >= 0.3 is 17.1 Å². The number of nitrogens with one attached hydrogen (secondary N) is 6. The van der Waals surface area contributed by atoms with Crippen LogP contribution in [-0.2, 0) is 0 Å². The molecule has 0 unspecified atom stereocenters. The minimum absolute atomic E-state index is 0.381. The standard InChI is InChI=1S/3C4H4N2O2/c3*7-3-1-2-5-4(8)6-3/h3*1-2H,(H2,5,6,7,8). The molecule has 0 amide bonds. The van der Waals surface area contributed by atoms with Crippen molar-refractivity contribution in [2.75, 3.05) is 0 Å². The van der Waals surface area contributed by atoms with Gasteiger partial charge in [-0.3, -0.25) is 29.3 Å². The summed E-state index contributed by atoms with van der Waals surface area (Å²) in [4.78, 5) is 74.0. The summed E-state index contributed by atoms with van der Waals surface area (Å²) in [5.74, 6) is 0. The van der Waals surface area contributed by atoms with E-state index in [0.717, 1.165) is 0 Å². The molecule has 0 aliphatic heterocycles. The van der Waals surface area contributed by atoms with Gasteiger partial charge in [-0.15, -0.1) is 0 Å². The highest BCUT2D eigenvalue weighted by molar-refractivity contribution is 4.78. The molecule has 0 fully saturated rings. The first kappa shape index (κ1) is 18.1. The summed E-state index contributed by atoms with van der Waals surface area (Å²) >= 11 is 0. The minimum atomic E-state index is -0.475. The number of H-pyrrole nitrogens is 6. The Hall–Kier alpha value is -3.96. The predicted molar refractivity (Wildman–Crippen MR) is 83.1 cm³/mol. The molecule has 0 aliphatic rings. The Bertz CT molecular complexity index is 881. The predicted octanol–water partition coefficient (Wildman–Crippen LogP) is -2.81. The van der Waals surface area contributed by atoms with E-state index in [9.17, 15) is 28.8 Å². The van der Waals surface area contributed by atoms with E-state index in [1.807, 2.05) is 15.0 Å². The summed E-state index contributed by atoms with van der Waals surface area (Å²) in [6.45, 7) is 0. The molecule has 12 heteroatoms. The second-order valence-electron chi connectivity index (χ2n) is 3.89. The second-order valence-corrected chi connectivity index (χ2v) is 3.89. The number of aromatic nitrogens is 6. The van der Waals surface area contributed by atoms with Gasteiger partial charge in [-0.1, -0.05) is 0 Å². The maximum Gasteiger partial charge on any atom is 0.325 e. The van der Waals surface area contributed by atoms with E-state index in [0.29, 0.717) is 0 Å². The Morgan fingerprint density at radius 2 is 0.708 bits per heavy atom. The summed E-state index contributed by atoms with van der Waals surface area (Å²) < 4.78 is 0. The Kier molecular flexibility index (Phi) is 6.89. The summed E-state index contributed by atoms with van der Waals surface area (Å²) in [7, 11) is 0. The van der Waals surface area contributed by atoms with Gasteiger partial charge in [-0.25, -0.2) is 14.4 Å². The zero-order chi connectivity index (χ0) is 17.9. The van der Waals surface area contributed by atoms with Gasteiger partial charge in [0.2, 0.25) is 0 Å². The second kappa shape index (κ2) is 9.14. The summed E-state index contributed by atoms with van der Waals surface area (Å²) in [6, 6.07) is 3.71. The van der Waals surface area contributed by atoms with E-state index in [2.05, 4.69) is 15.0 Å². The van der Waals surface area contributed by atoms with Crippen LogP contribution in [0.4, 0.5) is 0 Å². The maximum atomic E-state index is 10.2. The fourth-order valence-corrected chi connectivity index (χ4v) is 1.15. The van der Waals surface area contributed by atoms with Crippen LogP contribution in [0.2, 0.25) is 0 Å². The highest BCUT2D eigenvalue weighted by Gasteiger charge is 1.79. The van der Waals surface area contributed by atoms with Crippen molar-refractivity contribution in [1.82, 2.24) is 29.9 Å². The van der Waals surface area contributed by atoms with Gasteiger partial charge < -0.3 is 15.0 Å². The molecule has 24 heavy (non-hydrogen) atoms. The van der Waals surface area contributed by atoms with Crippen molar-refractivity contribution >= 4 is 0 Å². The lowest BCUT2D eigenvalue weighted by molar-refractivity contribution is 1.04. The molecule has 3 rings (SSSR count). The van der Waals surface area contributed by atoms with Crippen molar-refractivity contribution < 1.29 is 0 Å². The van der Waals surface area contributed by atoms with Gasteiger partial charge in [-0.05, 0) is 0 Å². The van der Waals surface area contributed by atoms with Crippen molar-refractivity contribution in [1.29, 1.82) is 0 Å². The van der Waals surface area contributed by atoms with Crippen LogP contribution in [0.3, 0.4) is 0 Å². The Morgan fingerprint density at radius 3 is 0.833 bits per heavy atom. The molecule has 3 heterocycles. The molecular weight excluding hydrogens is 324 g/mol. The van der Waals surface area contributed by atoms with Gasteiger partial charge in [0.05, 0.1) is 0 Å². The molecule has 0 aliphatic carbocycles. The Balaban J connectivity index is 0.000000180. The van der Waals surface area contributed by atoms with E-state index in [1.54, 1.807) is 0 Å². The largest absolute Gasteiger partial charge is 0.325 e. The van der Waals surface area contributed by atoms with Crippen LogP contribution in [0.15, 0.2) is 65.6 Å². The molecule has 12 nitrogen and oxygen atoms in total. The minimum Gasteiger partial charge on any atom is -0.314 e. The molecule has 0 saturated carbocycles. The SMILES string of the molecule is O=c1cc[nH]c(=O)[nH]1.O=c1cc[nH]c(=O)[nH]1.O=c1cc[nH]c(=O)[nH]1. The van der Waals surface area contributed by atoms with Gasteiger partial charge in [0, 0.05) is 36.8 Å². The normalized spacial score (nSPS) is 9.00. The third kappa shape index (κ3) is 7.72. The molecule has 0 atom stereocenters. The first-order valence-corrected chi connectivity index (χ1v) is 6.21. The van der Waals surface area contributed by atoms with Crippen LogP contribution >= 0.6 is 0 Å². The van der Waals surface area contributed by atoms with Crippen molar-refractivity contribution in [2.24, 2.45) is 0 Å². The van der Waals surface area contributed by atoms with Crippen molar-refractivity contribution in [2.45, 2.75) is 0 Å². The smallest absolute Gasteiger partial charge is 0.314 e. The van der Waals surface area contributed by atoms with Crippen LogP contribution < -0.4 is 33.7 Å². The number of hydrogen-bond acceptors (Lipinski definition) is 6. The zero-order valence-electron chi connectivity index (χ0n) is 11.9. The molecule has 0 bridgehead atoms. The molecule has 0 spiro atoms. The third-order valence-electron chi connectivity index (χ3n) is 2.06. The Labute approximate surface area is 130 Å². The third-order valence-corrected chi connectivity index (χ3v) is 2.06. The number of rotatable bonds is 0. The molecule has 0 aromatic carbocycles. The van der Waals surface area contributed by atoms with Gasteiger partial charge in [-0.2, -0.15) is 0 Å². The average Bonchev–Trinajstić information content (AvgIpc) is 2.47. The first-order chi connectivity index (χ1) is 11.4. The molecular formula is C12H12N6O6. The van der Waals surface area contributed by atoms with Crippen molar-refractivity contribution in [3.05, 3.63) is 99.3 Å². The van der Waals surface area contributed by atoms with Crippen molar-refractivity contribution in [3.63, 3.8) is 0 Å². The quantitative estimate of drug-likeness (QED) is 0.256. The van der Waals surface area contributed by atoms with Gasteiger partial charge in [0.25, 0.3) is 16.7 Å². The summed E-state index contributed by atoms with van der Waals surface area (Å²) in [5.41, 5.74) is -2.57. The molecule has 126 valence electrons. The van der Waals surface area contributed by atoms with Crippen LogP contribution in [0.1, 0.15) is 0 Å². The van der Waals surface area contributed by atoms with Gasteiger partial charge in [0.15, 0.2) is 0 Å². The lowest BCUT2D eigenvalue weighted by atomic mass is 10.7. The van der Waals surface area contributed by atoms with Crippen LogP contribution in [-0.4, -0.2) is 29.9 Å². The van der Waals surface area contributed by atoms with Crippen LogP contribution in [0.25, 0.3) is 0 Å². The van der Waals surface area contributed by atoms with E-state index >= 15 is 0 Å². The molecule has 0 radical (unpaired) electrons. The monoisotopic (exact) mass is 336 g/mol. The van der Waals surface area contributed by atoms with E-state index < -0.39 is 17.1 Å². The van der Waals surface area contributed by atoms with E-state index in [4.69, 9.17) is 0 Å². The highest BCUT2D eigenvalue weighted by Crippen LogP contribution is 1.52. The van der Waals surface area contributed by atoms with E-state index in [1.165, 1.54) is 36.8 Å². The lowest BCUT2D eigenvalue weighted by Crippen LogP contribution is -2.19. The number of hydrogen-bond donors (Lipinski definition) is 6. The van der Waals surface area contributed by atoms with Crippen LogP contribution in [0.5, 0.6) is 0 Å². The molecule has 6 N–H and O–H groups in total. The summed E-state index contributed by atoms with van der Waals surface area (Å²) in [6.07, 6.45) is 3.88. The van der Waals surface area contributed by atoms with Gasteiger partial charge in [0.1, 0.15) is 0 Å². The first-order valence-electron chi connectivity index (χ1n) is 6.21. The topological polar surface area (TPSA) is 197 Å². The fraction of sp³-hybridized carbons (Fsp3) is 0. The molecule has 3 aromatic rings. The fourth-order valence-electron chi connectivity index (χ4n) is 1.15. The lowest BCUT2D eigenvalue weighted by Gasteiger charge is -1.75. The highest BCUT2D eigenvalue weighted by atomic mass is 16.2. The molecule has 3 aromatic heterocycles. The van der Waals surface area contributed by atoms with Crippen molar-refractivity contribution in [3.8, 4) is 0 Å². The Morgan fingerprint density at radius 1 is 0.458 bits per heavy atom.